The fourth-order valence-electron chi connectivity index (χ4n) is 3.04. The number of likely N-dealkylation sites (N-methyl/N-ethyl adjacent to an activating group) is 1. The van der Waals surface area contributed by atoms with Crippen LogP contribution < -0.4 is 10.5 Å². The van der Waals surface area contributed by atoms with Crippen LogP contribution in [0.5, 0.6) is 0 Å². The van der Waals surface area contributed by atoms with Gasteiger partial charge in [-0.2, -0.15) is 0 Å². The molecule has 0 N–H and O–H groups in total. The summed E-state index contributed by atoms with van der Waals surface area (Å²) >= 11 is 3.03. The van der Waals surface area contributed by atoms with Gasteiger partial charge >= 0.3 is 0 Å². The summed E-state index contributed by atoms with van der Waals surface area (Å²) in [4.78, 5) is 33.7. The van der Waals surface area contributed by atoms with E-state index in [1.54, 1.807) is 16.2 Å². The molecule has 4 aromatic rings. The molecule has 0 fully saturated rings. The van der Waals surface area contributed by atoms with Crippen LogP contribution in [-0.4, -0.2) is 22.0 Å². The number of fused-ring (bicyclic) bond motifs is 1. The van der Waals surface area contributed by atoms with E-state index in [2.05, 4.69) is 4.98 Å². The highest BCUT2D eigenvalue weighted by molar-refractivity contribution is 7.18. The van der Waals surface area contributed by atoms with Crippen LogP contribution in [0.4, 0.5) is 5.69 Å². The summed E-state index contributed by atoms with van der Waals surface area (Å²) in [6.07, 6.45) is 1.47. The van der Waals surface area contributed by atoms with Gasteiger partial charge in [0.1, 0.15) is 11.4 Å². The Bertz CT molecular complexity index is 1130. The Morgan fingerprint density at radius 2 is 1.96 bits per heavy atom. The highest BCUT2D eigenvalue weighted by Crippen LogP contribution is 2.33. The van der Waals surface area contributed by atoms with Gasteiger partial charge in [0.15, 0.2) is 0 Å². The number of aromatic nitrogens is 2. The third-order valence-corrected chi connectivity index (χ3v) is 6.13. The van der Waals surface area contributed by atoms with Gasteiger partial charge in [-0.1, -0.05) is 24.3 Å². The van der Waals surface area contributed by atoms with Crippen molar-refractivity contribution < 1.29 is 4.79 Å². The average Bonchev–Trinajstić information content (AvgIpc) is 3.35. The number of nitrogens with zero attached hydrogens (tertiary/aromatic N) is 3. The summed E-state index contributed by atoms with van der Waals surface area (Å²) in [6.45, 7) is 2.42. The molecular weight excluding hydrogens is 378 g/mol. The number of carbonyl (C=O) groups excluding carboxylic acids is 1. The SMILES string of the molecule is CCN(C(=O)Cn1cnc2scc(-c3cccs3)c2c1=O)c1ccccc1. The second-order valence-electron chi connectivity index (χ2n) is 5.96. The molecule has 0 aliphatic rings. The topological polar surface area (TPSA) is 55.2 Å². The zero-order valence-electron chi connectivity index (χ0n) is 14.7. The van der Waals surface area contributed by atoms with Crippen molar-refractivity contribution in [3.05, 3.63) is 69.9 Å². The maximum Gasteiger partial charge on any atom is 0.263 e. The van der Waals surface area contributed by atoms with Gasteiger partial charge in [-0.3, -0.25) is 14.2 Å². The lowest BCUT2D eigenvalue weighted by Crippen LogP contribution is -2.36. The van der Waals surface area contributed by atoms with E-state index >= 15 is 0 Å². The summed E-state index contributed by atoms with van der Waals surface area (Å²) in [6, 6.07) is 13.4. The highest BCUT2D eigenvalue weighted by atomic mass is 32.1. The molecule has 5 nitrogen and oxygen atoms in total. The minimum Gasteiger partial charge on any atom is -0.311 e. The van der Waals surface area contributed by atoms with E-state index in [-0.39, 0.29) is 18.0 Å². The molecule has 0 bridgehead atoms. The number of benzene rings is 1. The Morgan fingerprint density at radius 3 is 2.67 bits per heavy atom. The summed E-state index contributed by atoms with van der Waals surface area (Å²) in [5.41, 5.74) is 1.53. The fourth-order valence-corrected chi connectivity index (χ4v) is 4.76. The number of hydrogen-bond donors (Lipinski definition) is 0. The summed E-state index contributed by atoms with van der Waals surface area (Å²) in [5, 5.41) is 4.52. The molecule has 0 atom stereocenters. The maximum atomic E-state index is 13.1. The van der Waals surface area contributed by atoms with Gasteiger partial charge in [-0.25, -0.2) is 4.98 Å². The van der Waals surface area contributed by atoms with E-state index in [4.69, 9.17) is 0 Å². The lowest BCUT2D eigenvalue weighted by Gasteiger charge is -2.21. The monoisotopic (exact) mass is 395 g/mol. The number of anilines is 1. The molecule has 0 aliphatic carbocycles. The predicted molar refractivity (Wildman–Crippen MR) is 112 cm³/mol. The number of hydrogen-bond acceptors (Lipinski definition) is 5. The molecule has 27 heavy (non-hydrogen) atoms. The van der Waals surface area contributed by atoms with Gasteiger partial charge < -0.3 is 4.90 Å². The van der Waals surface area contributed by atoms with Gasteiger partial charge in [0, 0.05) is 28.1 Å². The van der Waals surface area contributed by atoms with Crippen LogP contribution >= 0.6 is 22.7 Å². The maximum absolute atomic E-state index is 13.1. The van der Waals surface area contributed by atoms with Crippen LogP contribution in [0, 0.1) is 0 Å². The van der Waals surface area contributed by atoms with Crippen LogP contribution in [0.15, 0.2) is 64.3 Å². The summed E-state index contributed by atoms with van der Waals surface area (Å²) < 4.78 is 1.40. The molecule has 136 valence electrons. The van der Waals surface area contributed by atoms with Crippen LogP contribution in [0.2, 0.25) is 0 Å². The largest absolute Gasteiger partial charge is 0.311 e. The standard InChI is InChI=1S/C20H17N3O2S2/c1-2-23(14-7-4-3-5-8-14)17(24)11-22-13-21-19-18(20(22)25)15(12-27-19)16-9-6-10-26-16/h3-10,12-13H,2,11H2,1H3. The fraction of sp³-hybridized carbons (Fsp3) is 0.150. The van der Waals surface area contributed by atoms with Gasteiger partial charge in [0.25, 0.3) is 5.56 Å². The van der Waals surface area contributed by atoms with Gasteiger partial charge in [0.05, 0.1) is 11.7 Å². The average molecular weight is 396 g/mol. The molecule has 0 radical (unpaired) electrons. The number of thiophene rings is 2. The van der Waals surface area contributed by atoms with Crippen molar-refractivity contribution in [3.8, 4) is 10.4 Å². The first-order chi connectivity index (χ1) is 13.2. The third-order valence-electron chi connectivity index (χ3n) is 4.34. The zero-order chi connectivity index (χ0) is 18.8. The Hall–Kier alpha value is -2.77. The first-order valence-corrected chi connectivity index (χ1v) is 10.3. The van der Waals surface area contributed by atoms with E-state index in [0.717, 1.165) is 16.1 Å². The van der Waals surface area contributed by atoms with E-state index in [1.807, 2.05) is 60.1 Å². The number of para-hydroxylation sites is 1. The van der Waals surface area contributed by atoms with Crippen LogP contribution in [0.3, 0.4) is 0 Å². The lowest BCUT2D eigenvalue weighted by molar-refractivity contribution is -0.119. The Labute approximate surface area is 164 Å². The van der Waals surface area contributed by atoms with Crippen molar-refractivity contribution in [3.63, 3.8) is 0 Å². The zero-order valence-corrected chi connectivity index (χ0v) is 16.3. The summed E-state index contributed by atoms with van der Waals surface area (Å²) in [5.74, 6) is -0.139. The Balaban J connectivity index is 1.70. The quantitative estimate of drug-likeness (QED) is 0.508. The molecule has 1 aromatic carbocycles. The first-order valence-electron chi connectivity index (χ1n) is 8.55. The normalized spacial score (nSPS) is 11.0. The van der Waals surface area contributed by atoms with Gasteiger partial charge in [-0.05, 0) is 30.5 Å². The van der Waals surface area contributed by atoms with E-state index in [1.165, 1.54) is 22.2 Å². The molecule has 0 spiro atoms. The lowest BCUT2D eigenvalue weighted by atomic mass is 10.2. The molecular formula is C20H17N3O2S2. The van der Waals surface area contributed by atoms with Crippen LogP contribution in [0.1, 0.15) is 6.92 Å². The molecule has 0 aliphatic heterocycles. The van der Waals surface area contributed by atoms with Crippen molar-refractivity contribution in [1.29, 1.82) is 0 Å². The number of amides is 1. The van der Waals surface area contributed by atoms with E-state index < -0.39 is 0 Å². The Morgan fingerprint density at radius 1 is 1.15 bits per heavy atom. The molecule has 3 aromatic heterocycles. The molecule has 3 heterocycles. The van der Waals surface area contributed by atoms with Gasteiger partial charge in [0.2, 0.25) is 5.91 Å². The molecule has 7 heteroatoms. The van der Waals surface area contributed by atoms with Crippen LogP contribution in [-0.2, 0) is 11.3 Å². The van der Waals surface area contributed by atoms with Crippen molar-refractivity contribution in [1.82, 2.24) is 9.55 Å². The van der Waals surface area contributed by atoms with E-state index in [9.17, 15) is 9.59 Å². The third kappa shape index (κ3) is 3.31. The van der Waals surface area contributed by atoms with Crippen LogP contribution in [0.25, 0.3) is 20.7 Å². The Kier molecular flexibility index (Phi) is 4.87. The smallest absolute Gasteiger partial charge is 0.263 e. The minimum absolute atomic E-state index is 0.0375. The second-order valence-corrected chi connectivity index (χ2v) is 7.76. The van der Waals surface area contributed by atoms with Crippen molar-refractivity contribution >= 4 is 44.5 Å². The molecule has 0 unspecified atom stereocenters. The van der Waals surface area contributed by atoms with Crippen molar-refractivity contribution in [2.45, 2.75) is 13.5 Å². The molecule has 1 amide bonds. The van der Waals surface area contributed by atoms with E-state index in [0.29, 0.717) is 16.8 Å². The number of carbonyl (C=O) groups is 1. The predicted octanol–water partition coefficient (Wildman–Crippen LogP) is 4.24. The number of rotatable bonds is 5. The molecule has 0 saturated carbocycles. The van der Waals surface area contributed by atoms with Crippen molar-refractivity contribution in [2.24, 2.45) is 0 Å². The summed E-state index contributed by atoms with van der Waals surface area (Å²) in [7, 11) is 0. The molecule has 4 rings (SSSR count). The highest BCUT2D eigenvalue weighted by Gasteiger charge is 2.18. The molecule has 0 saturated heterocycles. The first kappa shape index (κ1) is 17.6. The van der Waals surface area contributed by atoms with Gasteiger partial charge in [-0.15, -0.1) is 22.7 Å². The van der Waals surface area contributed by atoms with Crippen molar-refractivity contribution in [2.75, 3.05) is 11.4 Å². The second kappa shape index (κ2) is 7.46. The minimum atomic E-state index is -0.179.